The molecule has 27 heavy (non-hydrogen) atoms. The molecule has 7 nitrogen and oxygen atoms in total. The summed E-state index contributed by atoms with van der Waals surface area (Å²) in [5.74, 6) is 1.33. The fourth-order valence-electron chi connectivity index (χ4n) is 3.10. The van der Waals surface area contributed by atoms with Crippen LogP contribution in [0.1, 0.15) is 11.7 Å². The highest BCUT2D eigenvalue weighted by Gasteiger charge is 2.22. The van der Waals surface area contributed by atoms with Gasteiger partial charge in [-0.25, -0.2) is 14.4 Å². The average Bonchev–Trinajstić information content (AvgIpc) is 2.73. The largest absolute Gasteiger partial charge is 0.375 e. The summed E-state index contributed by atoms with van der Waals surface area (Å²) in [5.41, 5.74) is 0.924. The SMILES string of the molecule is CN=C(NCC(OC)c1ccc(F)cc1)N1CCN(c2ncccn2)CC1. The van der Waals surface area contributed by atoms with Crippen molar-refractivity contribution in [2.75, 3.05) is 51.8 Å². The molecular weight excluding hydrogens is 347 g/mol. The number of benzene rings is 1. The number of anilines is 1. The molecule has 1 aromatic heterocycles. The monoisotopic (exact) mass is 372 g/mol. The van der Waals surface area contributed by atoms with Crippen molar-refractivity contribution in [3.63, 3.8) is 0 Å². The van der Waals surface area contributed by atoms with Gasteiger partial charge >= 0.3 is 0 Å². The summed E-state index contributed by atoms with van der Waals surface area (Å²) in [6.45, 7) is 3.86. The van der Waals surface area contributed by atoms with Crippen molar-refractivity contribution in [1.29, 1.82) is 0 Å². The molecule has 0 amide bonds. The Morgan fingerprint density at radius 1 is 1.19 bits per heavy atom. The number of hydrogen-bond donors (Lipinski definition) is 1. The molecule has 144 valence electrons. The minimum absolute atomic E-state index is 0.179. The van der Waals surface area contributed by atoms with E-state index < -0.39 is 0 Å². The van der Waals surface area contributed by atoms with Gasteiger partial charge in [-0.1, -0.05) is 12.1 Å². The number of rotatable bonds is 5. The lowest BCUT2D eigenvalue weighted by Crippen LogP contribution is -2.53. The minimum Gasteiger partial charge on any atom is -0.375 e. The highest BCUT2D eigenvalue weighted by Crippen LogP contribution is 2.16. The molecule has 3 rings (SSSR count). The second kappa shape index (κ2) is 9.27. The number of nitrogens with one attached hydrogen (secondary N) is 1. The Balaban J connectivity index is 1.54. The first-order valence-electron chi connectivity index (χ1n) is 8.97. The van der Waals surface area contributed by atoms with Gasteiger partial charge in [0.1, 0.15) is 5.82 Å². The molecule has 2 aromatic rings. The number of aliphatic imine (C=N–C) groups is 1. The summed E-state index contributed by atoms with van der Waals surface area (Å²) in [6.07, 6.45) is 3.34. The van der Waals surface area contributed by atoms with E-state index in [1.807, 2.05) is 6.07 Å². The highest BCUT2D eigenvalue weighted by atomic mass is 19.1. The molecule has 2 heterocycles. The third-order valence-electron chi connectivity index (χ3n) is 4.60. The number of ether oxygens (including phenoxy) is 1. The summed E-state index contributed by atoms with van der Waals surface area (Å²) in [5, 5.41) is 3.37. The van der Waals surface area contributed by atoms with Crippen molar-refractivity contribution < 1.29 is 9.13 Å². The van der Waals surface area contributed by atoms with Gasteiger partial charge in [0.05, 0.1) is 6.10 Å². The molecule has 1 unspecified atom stereocenters. The van der Waals surface area contributed by atoms with Crippen LogP contribution in [0.5, 0.6) is 0 Å². The highest BCUT2D eigenvalue weighted by molar-refractivity contribution is 5.80. The van der Waals surface area contributed by atoms with Crippen LogP contribution in [0.4, 0.5) is 10.3 Å². The van der Waals surface area contributed by atoms with E-state index in [1.54, 1.807) is 38.7 Å². The summed E-state index contributed by atoms with van der Waals surface area (Å²) in [6, 6.07) is 8.19. The smallest absolute Gasteiger partial charge is 0.225 e. The number of hydrogen-bond acceptors (Lipinski definition) is 5. The molecule has 8 heteroatoms. The van der Waals surface area contributed by atoms with Crippen molar-refractivity contribution in [2.24, 2.45) is 4.99 Å². The standard InChI is InChI=1S/C19H25FN6O/c1-21-18(24-14-17(27-2)15-4-6-16(20)7-5-15)25-10-12-26(13-11-25)19-22-8-3-9-23-19/h3-9,17H,10-14H2,1-2H3,(H,21,24). The molecule has 1 saturated heterocycles. The maximum Gasteiger partial charge on any atom is 0.225 e. The molecule has 0 radical (unpaired) electrons. The van der Waals surface area contributed by atoms with E-state index in [0.717, 1.165) is 43.7 Å². The Labute approximate surface area is 158 Å². The van der Waals surface area contributed by atoms with E-state index in [9.17, 15) is 4.39 Å². The fourth-order valence-corrected chi connectivity index (χ4v) is 3.10. The number of nitrogens with zero attached hydrogens (tertiary/aromatic N) is 5. The minimum atomic E-state index is -0.252. The second-order valence-electron chi connectivity index (χ2n) is 6.23. The van der Waals surface area contributed by atoms with E-state index in [-0.39, 0.29) is 11.9 Å². The predicted octanol–water partition coefficient (Wildman–Crippen LogP) is 1.70. The van der Waals surface area contributed by atoms with Crippen molar-refractivity contribution >= 4 is 11.9 Å². The third-order valence-corrected chi connectivity index (χ3v) is 4.60. The fraction of sp³-hybridized carbons (Fsp3) is 0.421. The zero-order valence-electron chi connectivity index (χ0n) is 15.7. The molecule has 0 saturated carbocycles. The Bertz CT molecular complexity index is 732. The van der Waals surface area contributed by atoms with E-state index in [1.165, 1.54) is 12.1 Å². The number of halogens is 1. The summed E-state index contributed by atoms with van der Waals surface area (Å²) in [7, 11) is 3.42. The first kappa shape index (κ1) is 19.0. The van der Waals surface area contributed by atoms with E-state index in [4.69, 9.17) is 4.74 Å². The molecule has 1 aliphatic heterocycles. The second-order valence-corrected chi connectivity index (χ2v) is 6.23. The van der Waals surface area contributed by atoms with Crippen LogP contribution in [0.3, 0.4) is 0 Å². The molecule has 1 N–H and O–H groups in total. The van der Waals surface area contributed by atoms with Gasteiger partial charge in [0, 0.05) is 59.3 Å². The summed E-state index contributed by atoms with van der Waals surface area (Å²) >= 11 is 0. The zero-order valence-corrected chi connectivity index (χ0v) is 15.7. The number of guanidine groups is 1. The van der Waals surface area contributed by atoms with Gasteiger partial charge in [-0.05, 0) is 23.8 Å². The lowest BCUT2D eigenvalue weighted by molar-refractivity contribution is 0.105. The van der Waals surface area contributed by atoms with Gasteiger partial charge in [0.15, 0.2) is 5.96 Å². The first-order chi connectivity index (χ1) is 13.2. The van der Waals surface area contributed by atoms with Gasteiger partial charge in [-0.2, -0.15) is 0 Å². The average molecular weight is 372 g/mol. The quantitative estimate of drug-likeness (QED) is 0.637. The maximum atomic E-state index is 13.1. The zero-order chi connectivity index (χ0) is 19.1. The van der Waals surface area contributed by atoms with Crippen LogP contribution in [0.2, 0.25) is 0 Å². The first-order valence-corrected chi connectivity index (χ1v) is 8.97. The summed E-state index contributed by atoms with van der Waals surface area (Å²) < 4.78 is 18.7. The van der Waals surface area contributed by atoms with Crippen molar-refractivity contribution in [1.82, 2.24) is 20.2 Å². The molecule has 1 atom stereocenters. The maximum absolute atomic E-state index is 13.1. The van der Waals surface area contributed by atoms with Crippen LogP contribution in [0.15, 0.2) is 47.7 Å². The van der Waals surface area contributed by atoms with Crippen LogP contribution in [0.25, 0.3) is 0 Å². The molecule has 1 aliphatic rings. The van der Waals surface area contributed by atoms with E-state index >= 15 is 0 Å². The molecule has 0 spiro atoms. The normalized spacial score (nSPS) is 16.3. The van der Waals surface area contributed by atoms with Crippen LogP contribution in [0, 0.1) is 5.82 Å². The van der Waals surface area contributed by atoms with Gasteiger partial charge in [0.25, 0.3) is 0 Å². The van der Waals surface area contributed by atoms with E-state index in [2.05, 4.69) is 30.1 Å². The van der Waals surface area contributed by atoms with Crippen LogP contribution >= 0.6 is 0 Å². The molecular formula is C19H25FN6O. The molecule has 1 fully saturated rings. The Hall–Kier alpha value is -2.74. The number of piperazine rings is 1. The van der Waals surface area contributed by atoms with Crippen LogP contribution < -0.4 is 10.2 Å². The lowest BCUT2D eigenvalue weighted by Gasteiger charge is -2.36. The Morgan fingerprint density at radius 3 is 2.44 bits per heavy atom. The lowest BCUT2D eigenvalue weighted by atomic mass is 10.1. The molecule has 0 bridgehead atoms. The third kappa shape index (κ3) is 4.91. The molecule has 1 aromatic carbocycles. The van der Waals surface area contributed by atoms with E-state index in [0.29, 0.717) is 6.54 Å². The van der Waals surface area contributed by atoms with Crippen LogP contribution in [-0.4, -0.2) is 67.7 Å². The predicted molar refractivity (Wildman–Crippen MR) is 103 cm³/mol. The Morgan fingerprint density at radius 2 is 1.85 bits per heavy atom. The Kier molecular flexibility index (Phi) is 6.54. The van der Waals surface area contributed by atoms with Crippen molar-refractivity contribution in [3.05, 3.63) is 54.1 Å². The van der Waals surface area contributed by atoms with Gasteiger partial charge in [-0.3, -0.25) is 4.99 Å². The van der Waals surface area contributed by atoms with Crippen molar-refractivity contribution in [2.45, 2.75) is 6.10 Å². The summed E-state index contributed by atoms with van der Waals surface area (Å²) in [4.78, 5) is 17.4. The van der Waals surface area contributed by atoms with Gasteiger partial charge in [0.2, 0.25) is 5.95 Å². The van der Waals surface area contributed by atoms with Crippen molar-refractivity contribution in [3.8, 4) is 0 Å². The molecule has 0 aliphatic carbocycles. The van der Waals surface area contributed by atoms with Gasteiger partial charge < -0.3 is 19.9 Å². The number of methoxy groups -OCH3 is 1. The van der Waals surface area contributed by atoms with Gasteiger partial charge in [-0.15, -0.1) is 0 Å². The van der Waals surface area contributed by atoms with Crippen LogP contribution in [-0.2, 0) is 4.74 Å². The topological polar surface area (TPSA) is 65.9 Å². The number of aromatic nitrogens is 2.